The molecule has 0 saturated heterocycles. The van der Waals surface area contributed by atoms with E-state index in [-0.39, 0.29) is 0 Å². The molecule has 0 spiro atoms. The average molecular weight is 239 g/mol. The molecule has 0 bridgehead atoms. The molecule has 3 nitrogen and oxygen atoms in total. The van der Waals surface area contributed by atoms with Crippen LogP contribution in [0.2, 0.25) is 0 Å². The van der Waals surface area contributed by atoms with Gasteiger partial charge in [0.15, 0.2) is 4.77 Å². The molecule has 0 saturated carbocycles. The lowest BCUT2D eigenvalue weighted by molar-refractivity contribution is 0.744. The van der Waals surface area contributed by atoms with Crippen molar-refractivity contribution < 1.29 is 0 Å². The number of aromatic amines is 1. The van der Waals surface area contributed by atoms with Crippen molar-refractivity contribution in [1.29, 1.82) is 0 Å². The smallest absolute Gasteiger partial charge is 0.177 e. The van der Waals surface area contributed by atoms with Gasteiger partial charge in [-0.3, -0.25) is 0 Å². The molecule has 2 rings (SSSR count). The molecular weight excluding hydrogens is 226 g/mol. The third kappa shape index (κ3) is 2.18. The Balaban J connectivity index is 2.31. The highest BCUT2D eigenvalue weighted by atomic mass is 32.1. The summed E-state index contributed by atoms with van der Waals surface area (Å²) >= 11 is 6.96. The van der Waals surface area contributed by atoms with Crippen molar-refractivity contribution in [3.63, 3.8) is 0 Å². The highest BCUT2D eigenvalue weighted by molar-refractivity contribution is 7.71. The minimum absolute atomic E-state index is 0.790. The van der Waals surface area contributed by atoms with Crippen LogP contribution in [0.15, 0.2) is 12.4 Å². The van der Waals surface area contributed by atoms with Gasteiger partial charge in [0.05, 0.1) is 11.6 Å². The van der Waals surface area contributed by atoms with Crippen LogP contribution in [0.5, 0.6) is 0 Å². The molecule has 0 aliphatic rings. The Kier molecular flexibility index (Phi) is 3.02. The highest BCUT2D eigenvalue weighted by Gasteiger charge is 2.04. The molecule has 2 aromatic heterocycles. The lowest BCUT2D eigenvalue weighted by Crippen LogP contribution is -2.02. The zero-order valence-electron chi connectivity index (χ0n) is 8.78. The molecule has 1 N–H and O–H groups in total. The second-order valence-corrected chi connectivity index (χ2v) is 5.08. The van der Waals surface area contributed by atoms with Gasteiger partial charge in [-0.1, -0.05) is 6.92 Å². The summed E-state index contributed by atoms with van der Waals surface area (Å²) in [5.41, 5.74) is 1.24. The molecule has 0 aromatic carbocycles. The number of thiazole rings is 1. The lowest BCUT2D eigenvalue weighted by Gasteiger charge is -2.03. The summed E-state index contributed by atoms with van der Waals surface area (Å²) in [6.45, 7) is 4.98. The van der Waals surface area contributed by atoms with Crippen LogP contribution < -0.4 is 0 Å². The molecule has 2 heterocycles. The van der Waals surface area contributed by atoms with Gasteiger partial charge in [0.25, 0.3) is 0 Å². The Hall–Kier alpha value is -0.940. The first kappa shape index (κ1) is 10.6. The van der Waals surface area contributed by atoms with Gasteiger partial charge in [-0.15, -0.1) is 11.3 Å². The lowest BCUT2D eigenvalue weighted by atomic mass is 10.3. The third-order valence-electron chi connectivity index (χ3n) is 2.30. The van der Waals surface area contributed by atoms with E-state index in [0.717, 1.165) is 22.7 Å². The number of H-pyrrole nitrogens is 1. The number of hydrogen-bond acceptors (Lipinski definition) is 3. The number of hydrogen-bond donors (Lipinski definition) is 1. The first-order chi connectivity index (χ1) is 7.20. The Morgan fingerprint density at radius 2 is 2.40 bits per heavy atom. The number of imidazole rings is 1. The molecule has 80 valence electrons. The maximum Gasteiger partial charge on any atom is 0.177 e. The summed E-state index contributed by atoms with van der Waals surface area (Å²) in [5.74, 6) is 0. The van der Waals surface area contributed by atoms with Crippen LogP contribution in [0.3, 0.4) is 0 Å². The summed E-state index contributed by atoms with van der Waals surface area (Å²) in [6, 6.07) is 0. The Bertz CT molecular complexity index is 507. The molecule has 0 atom stereocenters. The topological polar surface area (TPSA) is 33.6 Å². The Morgan fingerprint density at radius 1 is 1.60 bits per heavy atom. The monoisotopic (exact) mass is 239 g/mol. The van der Waals surface area contributed by atoms with Crippen LogP contribution in [0.25, 0.3) is 0 Å². The standard InChI is InChI=1S/C10H13N3S2/c1-3-8-4-12-10(14)13(8)6-9-5-11-7(2)15-9/h4-5H,3,6H2,1-2H3,(H,12,14). The van der Waals surface area contributed by atoms with E-state index >= 15 is 0 Å². The number of rotatable bonds is 3. The van der Waals surface area contributed by atoms with Crippen LogP contribution >= 0.6 is 23.6 Å². The van der Waals surface area contributed by atoms with Crippen molar-refractivity contribution in [3.8, 4) is 0 Å². The van der Waals surface area contributed by atoms with Crippen LogP contribution in [0.4, 0.5) is 0 Å². The van der Waals surface area contributed by atoms with Crippen LogP contribution in [-0.2, 0) is 13.0 Å². The van der Waals surface area contributed by atoms with E-state index in [1.165, 1.54) is 10.6 Å². The van der Waals surface area contributed by atoms with E-state index in [0.29, 0.717) is 0 Å². The molecule has 5 heteroatoms. The molecule has 15 heavy (non-hydrogen) atoms. The minimum atomic E-state index is 0.790. The maximum absolute atomic E-state index is 5.24. The normalized spacial score (nSPS) is 10.8. The summed E-state index contributed by atoms with van der Waals surface area (Å²) < 4.78 is 2.92. The van der Waals surface area contributed by atoms with E-state index in [9.17, 15) is 0 Å². The number of aryl methyl sites for hydroxylation is 2. The SMILES string of the molecule is CCc1c[nH]c(=S)n1Cc1cnc(C)s1. The largest absolute Gasteiger partial charge is 0.337 e. The quantitative estimate of drug-likeness (QED) is 0.836. The predicted molar refractivity (Wildman–Crippen MR) is 64.9 cm³/mol. The first-order valence-electron chi connectivity index (χ1n) is 4.89. The Labute approximate surface area is 97.8 Å². The summed E-state index contributed by atoms with van der Waals surface area (Å²) in [5, 5.41) is 1.10. The summed E-state index contributed by atoms with van der Waals surface area (Å²) in [4.78, 5) is 8.57. The van der Waals surface area contributed by atoms with Gasteiger partial charge in [0, 0.05) is 23.0 Å². The molecule has 0 fully saturated rings. The van der Waals surface area contributed by atoms with E-state index in [4.69, 9.17) is 12.2 Å². The molecular formula is C10H13N3S2. The van der Waals surface area contributed by atoms with Gasteiger partial charge in [0.1, 0.15) is 0 Å². The zero-order chi connectivity index (χ0) is 10.8. The van der Waals surface area contributed by atoms with E-state index in [1.807, 2.05) is 19.3 Å². The van der Waals surface area contributed by atoms with E-state index < -0.39 is 0 Å². The van der Waals surface area contributed by atoms with Gasteiger partial charge in [-0.2, -0.15) is 0 Å². The second kappa shape index (κ2) is 4.28. The van der Waals surface area contributed by atoms with Gasteiger partial charge in [0.2, 0.25) is 0 Å². The number of nitrogens with zero attached hydrogens (tertiary/aromatic N) is 2. The van der Waals surface area contributed by atoms with Gasteiger partial charge < -0.3 is 9.55 Å². The van der Waals surface area contributed by atoms with E-state index in [2.05, 4.69) is 21.5 Å². The van der Waals surface area contributed by atoms with Gasteiger partial charge >= 0.3 is 0 Å². The van der Waals surface area contributed by atoms with E-state index in [1.54, 1.807) is 11.3 Å². The van der Waals surface area contributed by atoms with Gasteiger partial charge in [-0.25, -0.2) is 4.98 Å². The van der Waals surface area contributed by atoms with Crippen molar-refractivity contribution in [3.05, 3.63) is 32.7 Å². The fourth-order valence-electron chi connectivity index (χ4n) is 1.53. The van der Waals surface area contributed by atoms with Crippen LogP contribution in [-0.4, -0.2) is 14.5 Å². The van der Waals surface area contributed by atoms with Crippen LogP contribution in [0.1, 0.15) is 22.5 Å². The molecule has 0 amide bonds. The second-order valence-electron chi connectivity index (χ2n) is 3.37. The summed E-state index contributed by atoms with van der Waals surface area (Å²) in [7, 11) is 0. The fraction of sp³-hybridized carbons (Fsp3) is 0.400. The summed E-state index contributed by atoms with van der Waals surface area (Å²) in [6.07, 6.45) is 4.90. The molecule has 0 unspecified atom stereocenters. The van der Waals surface area contributed by atoms with Crippen molar-refractivity contribution in [2.45, 2.75) is 26.8 Å². The molecule has 2 aromatic rings. The zero-order valence-corrected chi connectivity index (χ0v) is 10.4. The third-order valence-corrected chi connectivity index (χ3v) is 3.54. The average Bonchev–Trinajstić information content (AvgIpc) is 2.76. The molecule has 0 aliphatic heterocycles. The fourth-order valence-corrected chi connectivity index (χ4v) is 2.56. The molecule has 0 aliphatic carbocycles. The van der Waals surface area contributed by atoms with Crippen molar-refractivity contribution in [2.24, 2.45) is 0 Å². The highest BCUT2D eigenvalue weighted by Crippen LogP contribution is 2.15. The maximum atomic E-state index is 5.24. The predicted octanol–water partition coefficient (Wildman–Crippen LogP) is 2.92. The Morgan fingerprint density at radius 3 is 3.00 bits per heavy atom. The number of nitrogens with one attached hydrogen (secondary N) is 1. The minimum Gasteiger partial charge on any atom is -0.337 e. The number of aromatic nitrogens is 3. The van der Waals surface area contributed by atoms with Gasteiger partial charge in [-0.05, 0) is 25.6 Å². The van der Waals surface area contributed by atoms with Crippen molar-refractivity contribution in [2.75, 3.05) is 0 Å². The van der Waals surface area contributed by atoms with Crippen molar-refractivity contribution >= 4 is 23.6 Å². The molecule has 0 radical (unpaired) electrons. The first-order valence-corrected chi connectivity index (χ1v) is 6.11. The van der Waals surface area contributed by atoms with Crippen molar-refractivity contribution in [1.82, 2.24) is 14.5 Å². The van der Waals surface area contributed by atoms with Crippen LogP contribution in [0, 0.1) is 11.7 Å².